The van der Waals surface area contributed by atoms with E-state index in [0.29, 0.717) is 6.54 Å². The highest BCUT2D eigenvalue weighted by molar-refractivity contribution is 5.69. The van der Waals surface area contributed by atoms with Crippen molar-refractivity contribution in [3.63, 3.8) is 0 Å². The maximum absolute atomic E-state index is 10.6. The second-order valence-electron chi connectivity index (χ2n) is 4.86. The Morgan fingerprint density at radius 3 is 2.72 bits per heavy atom. The largest absolute Gasteiger partial charge is 0.480 e. The topological polar surface area (TPSA) is 49.8 Å². The molecule has 0 aliphatic carbocycles. The van der Waals surface area contributed by atoms with Gasteiger partial charge in [0.25, 0.3) is 0 Å². The lowest BCUT2D eigenvalue weighted by Crippen LogP contribution is -2.31. The number of hydrogen-bond acceptors (Lipinski definition) is 3. The summed E-state index contributed by atoms with van der Waals surface area (Å²) < 4.78 is 5.32. The van der Waals surface area contributed by atoms with E-state index in [1.165, 1.54) is 19.3 Å². The maximum atomic E-state index is 10.6. The Morgan fingerprint density at radius 1 is 1.39 bits per heavy atom. The van der Waals surface area contributed by atoms with Crippen LogP contribution in [0, 0.1) is 18.3 Å². The number of carbonyl (C=O) groups is 1. The summed E-state index contributed by atoms with van der Waals surface area (Å²) in [6.45, 7) is 3.03. The fourth-order valence-corrected chi connectivity index (χ4v) is 2.34. The van der Waals surface area contributed by atoms with E-state index in [-0.39, 0.29) is 6.54 Å². The van der Waals surface area contributed by atoms with Gasteiger partial charge in [-0.15, -0.1) is 6.42 Å². The summed E-state index contributed by atoms with van der Waals surface area (Å²) >= 11 is 0. The van der Waals surface area contributed by atoms with E-state index in [2.05, 4.69) is 5.92 Å². The van der Waals surface area contributed by atoms with Crippen LogP contribution in [-0.2, 0) is 9.53 Å². The molecule has 4 heteroatoms. The highest BCUT2D eigenvalue weighted by atomic mass is 16.5. The van der Waals surface area contributed by atoms with Gasteiger partial charge in [0, 0.05) is 13.2 Å². The van der Waals surface area contributed by atoms with Crippen molar-refractivity contribution < 1.29 is 14.6 Å². The van der Waals surface area contributed by atoms with Gasteiger partial charge in [-0.1, -0.05) is 18.8 Å². The molecule has 0 atom stereocenters. The third kappa shape index (κ3) is 6.63. The zero-order valence-corrected chi connectivity index (χ0v) is 10.9. The number of nitrogens with zero attached hydrogens (tertiary/aromatic N) is 1. The number of aliphatic carboxylic acids is 1. The second kappa shape index (κ2) is 8.96. The lowest BCUT2D eigenvalue weighted by atomic mass is 9.94. The predicted octanol–water partition coefficient (Wildman–Crippen LogP) is 1.60. The van der Waals surface area contributed by atoms with Crippen LogP contribution in [0.5, 0.6) is 0 Å². The van der Waals surface area contributed by atoms with Gasteiger partial charge in [0.1, 0.15) is 0 Å². The maximum Gasteiger partial charge on any atom is 0.317 e. The molecule has 1 aliphatic rings. The molecule has 0 amide bonds. The highest BCUT2D eigenvalue weighted by Crippen LogP contribution is 2.20. The SMILES string of the molecule is C#CCN(CCCCC1CCOCC1)CC(=O)O. The molecule has 1 saturated heterocycles. The van der Waals surface area contributed by atoms with Crippen molar-refractivity contribution in [3.05, 3.63) is 0 Å². The summed E-state index contributed by atoms with van der Waals surface area (Å²) in [6.07, 6.45) is 11.0. The zero-order valence-electron chi connectivity index (χ0n) is 10.9. The Labute approximate surface area is 109 Å². The Bertz CT molecular complexity index is 279. The second-order valence-corrected chi connectivity index (χ2v) is 4.86. The molecule has 1 aliphatic heterocycles. The number of carboxylic acid groups (broad SMARTS) is 1. The van der Waals surface area contributed by atoms with E-state index in [0.717, 1.165) is 38.5 Å². The number of hydrogen-bond donors (Lipinski definition) is 1. The molecule has 1 fully saturated rings. The van der Waals surface area contributed by atoms with Crippen LogP contribution < -0.4 is 0 Å². The van der Waals surface area contributed by atoms with Crippen LogP contribution in [-0.4, -0.2) is 48.8 Å². The highest BCUT2D eigenvalue weighted by Gasteiger charge is 2.13. The first-order valence-electron chi connectivity index (χ1n) is 6.67. The Hall–Kier alpha value is -1.05. The predicted molar refractivity (Wildman–Crippen MR) is 70.3 cm³/mol. The van der Waals surface area contributed by atoms with Gasteiger partial charge in [-0.2, -0.15) is 0 Å². The summed E-state index contributed by atoms with van der Waals surface area (Å²) in [5, 5.41) is 8.75. The number of terminal acetylenes is 1. The average molecular weight is 253 g/mol. The van der Waals surface area contributed by atoms with Crippen molar-refractivity contribution in [2.45, 2.75) is 32.1 Å². The Balaban J connectivity index is 2.10. The molecule has 0 radical (unpaired) electrons. The standard InChI is InChI=1S/C14H23NO3/c1-2-8-15(12-14(16)17)9-4-3-5-13-6-10-18-11-7-13/h1,13H,3-12H2,(H,16,17). The minimum Gasteiger partial charge on any atom is -0.480 e. The molecule has 1 rings (SSSR count). The van der Waals surface area contributed by atoms with Crippen LogP contribution in [0.3, 0.4) is 0 Å². The van der Waals surface area contributed by atoms with Crippen molar-refractivity contribution in [1.29, 1.82) is 0 Å². The molecule has 0 aromatic carbocycles. The molecule has 18 heavy (non-hydrogen) atoms. The third-order valence-electron chi connectivity index (χ3n) is 3.35. The number of carboxylic acids is 1. The summed E-state index contributed by atoms with van der Waals surface area (Å²) in [5.41, 5.74) is 0. The summed E-state index contributed by atoms with van der Waals surface area (Å²) in [7, 11) is 0. The number of unbranched alkanes of at least 4 members (excludes halogenated alkanes) is 1. The molecule has 0 saturated carbocycles. The van der Waals surface area contributed by atoms with E-state index in [4.69, 9.17) is 16.3 Å². The molecule has 4 nitrogen and oxygen atoms in total. The quantitative estimate of drug-likeness (QED) is 0.527. The van der Waals surface area contributed by atoms with Gasteiger partial charge in [0.05, 0.1) is 13.1 Å². The summed E-state index contributed by atoms with van der Waals surface area (Å²) in [5.74, 6) is 2.49. The van der Waals surface area contributed by atoms with E-state index in [9.17, 15) is 4.79 Å². The molecule has 1 heterocycles. The van der Waals surface area contributed by atoms with Gasteiger partial charge in [0.15, 0.2) is 0 Å². The van der Waals surface area contributed by atoms with Crippen molar-refractivity contribution >= 4 is 5.97 Å². The minimum absolute atomic E-state index is 0.0431. The number of ether oxygens (including phenoxy) is 1. The first kappa shape index (κ1) is 15.0. The van der Waals surface area contributed by atoms with Crippen LogP contribution in [0.1, 0.15) is 32.1 Å². The zero-order chi connectivity index (χ0) is 13.2. The van der Waals surface area contributed by atoms with E-state index in [1.54, 1.807) is 0 Å². The van der Waals surface area contributed by atoms with Gasteiger partial charge in [0.2, 0.25) is 0 Å². The van der Waals surface area contributed by atoms with Gasteiger partial charge < -0.3 is 9.84 Å². The van der Waals surface area contributed by atoms with Crippen molar-refractivity contribution in [3.8, 4) is 12.3 Å². The molecule has 0 bridgehead atoms. The molecule has 0 aromatic heterocycles. The molecular weight excluding hydrogens is 230 g/mol. The molecular formula is C14H23NO3. The van der Waals surface area contributed by atoms with E-state index in [1.807, 2.05) is 4.90 Å². The molecule has 0 spiro atoms. The van der Waals surface area contributed by atoms with Crippen LogP contribution in [0.4, 0.5) is 0 Å². The van der Waals surface area contributed by atoms with Crippen LogP contribution in [0.25, 0.3) is 0 Å². The fraction of sp³-hybridized carbons (Fsp3) is 0.786. The van der Waals surface area contributed by atoms with Gasteiger partial charge in [-0.25, -0.2) is 0 Å². The average Bonchev–Trinajstić information content (AvgIpc) is 2.35. The van der Waals surface area contributed by atoms with Crippen molar-refractivity contribution in [2.24, 2.45) is 5.92 Å². The normalized spacial score (nSPS) is 16.7. The van der Waals surface area contributed by atoms with Gasteiger partial charge in [-0.3, -0.25) is 9.69 Å². The van der Waals surface area contributed by atoms with Crippen LogP contribution in [0.15, 0.2) is 0 Å². The van der Waals surface area contributed by atoms with Crippen molar-refractivity contribution in [1.82, 2.24) is 4.90 Å². The molecule has 1 N–H and O–H groups in total. The van der Waals surface area contributed by atoms with Crippen molar-refractivity contribution in [2.75, 3.05) is 32.8 Å². The first-order chi connectivity index (χ1) is 8.72. The van der Waals surface area contributed by atoms with E-state index < -0.39 is 5.97 Å². The molecule has 102 valence electrons. The summed E-state index contributed by atoms with van der Waals surface area (Å²) in [6, 6.07) is 0. The molecule has 0 aromatic rings. The fourth-order valence-electron chi connectivity index (χ4n) is 2.34. The van der Waals surface area contributed by atoms with E-state index >= 15 is 0 Å². The first-order valence-corrected chi connectivity index (χ1v) is 6.67. The smallest absolute Gasteiger partial charge is 0.317 e. The third-order valence-corrected chi connectivity index (χ3v) is 3.35. The summed E-state index contributed by atoms with van der Waals surface area (Å²) in [4.78, 5) is 12.5. The monoisotopic (exact) mass is 253 g/mol. The Kier molecular flexibility index (Phi) is 7.47. The van der Waals surface area contributed by atoms with Crippen LogP contribution >= 0.6 is 0 Å². The van der Waals surface area contributed by atoms with Gasteiger partial charge >= 0.3 is 5.97 Å². The van der Waals surface area contributed by atoms with Crippen LogP contribution in [0.2, 0.25) is 0 Å². The van der Waals surface area contributed by atoms with Gasteiger partial charge in [-0.05, 0) is 31.7 Å². The lowest BCUT2D eigenvalue weighted by Gasteiger charge is -2.22. The lowest BCUT2D eigenvalue weighted by molar-refractivity contribution is -0.138. The molecule has 0 unspecified atom stereocenters. The number of rotatable bonds is 8. The Morgan fingerprint density at radius 2 is 2.11 bits per heavy atom. The minimum atomic E-state index is -0.810.